The first kappa shape index (κ1) is 14.6. The summed E-state index contributed by atoms with van der Waals surface area (Å²) in [7, 11) is 0. The van der Waals surface area contributed by atoms with E-state index in [0.717, 1.165) is 16.8 Å². The number of pyridine rings is 1. The number of nitrogens with zero attached hydrogens (tertiary/aromatic N) is 3. The van der Waals surface area contributed by atoms with Gasteiger partial charge in [-0.3, -0.25) is 4.98 Å². The highest BCUT2D eigenvalue weighted by atomic mass is 19.4. The molecule has 6 heteroatoms. The largest absolute Gasteiger partial charge is 0.505 e. The number of rotatable bonds is 2. The van der Waals surface area contributed by atoms with Gasteiger partial charge in [0.15, 0.2) is 0 Å². The Morgan fingerprint density at radius 2 is 1.86 bits per heavy atom. The fraction of sp³-hybridized carbons (Fsp3) is 0.250. The predicted octanol–water partition coefficient (Wildman–Crippen LogP) is 4.70. The van der Waals surface area contributed by atoms with E-state index in [9.17, 15) is 13.2 Å². The lowest BCUT2D eigenvalue weighted by Gasteiger charge is -2.09. The van der Waals surface area contributed by atoms with E-state index in [4.69, 9.17) is 0 Å². The zero-order valence-corrected chi connectivity index (χ0v) is 12.1. The summed E-state index contributed by atoms with van der Waals surface area (Å²) in [5.74, 6) is 0.360. The normalized spacial score (nSPS) is 12.3. The Kier molecular flexibility index (Phi) is 3.39. The Hall–Kier alpha value is -2.37. The molecule has 22 heavy (non-hydrogen) atoms. The average Bonchev–Trinajstić information content (AvgIpc) is 2.90. The van der Waals surface area contributed by atoms with Gasteiger partial charge in [-0.05, 0) is 35.7 Å². The maximum absolute atomic E-state index is 12.8. The molecule has 0 aliphatic carbocycles. The molecule has 2 heterocycles. The summed E-state index contributed by atoms with van der Waals surface area (Å²) in [5, 5.41) is 3.86. The molecule has 1 aromatic carbocycles. The number of halogens is 3. The summed E-state index contributed by atoms with van der Waals surface area (Å²) in [4.78, 5) is 4.30. The molecule has 0 saturated carbocycles. The van der Waals surface area contributed by atoms with Crippen LogP contribution in [0.4, 0.5) is 13.2 Å². The lowest BCUT2D eigenvalue weighted by molar-refractivity contribution is -0.209. The molecule has 0 aliphatic heterocycles. The molecular weight excluding hydrogens is 291 g/mol. The maximum atomic E-state index is 12.8. The molecule has 0 saturated heterocycles. The van der Waals surface area contributed by atoms with Crippen LogP contribution in [0.1, 0.15) is 25.3 Å². The number of aromatic nitrogens is 3. The van der Waals surface area contributed by atoms with Crippen LogP contribution in [0, 0.1) is 0 Å². The Bertz CT molecular complexity index is 819. The highest BCUT2D eigenvalue weighted by Crippen LogP contribution is 2.30. The molecule has 0 bridgehead atoms. The second-order valence-electron chi connectivity index (χ2n) is 5.43. The van der Waals surface area contributed by atoms with Crippen molar-refractivity contribution in [3.05, 3.63) is 48.3 Å². The van der Waals surface area contributed by atoms with Crippen LogP contribution in [0.2, 0.25) is 0 Å². The molecule has 0 aliphatic rings. The molecule has 0 atom stereocenters. The van der Waals surface area contributed by atoms with Crippen molar-refractivity contribution in [2.45, 2.75) is 26.1 Å². The molecule has 0 amide bonds. The van der Waals surface area contributed by atoms with E-state index in [-0.39, 0.29) is 10.2 Å². The quantitative estimate of drug-likeness (QED) is 0.687. The van der Waals surface area contributed by atoms with Gasteiger partial charge in [-0.15, -0.1) is 13.2 Å². The van der Waals surface area contributed by atoms with Gasteiger partial charge in [0, 0.05) is 17.1 Å². The number of alkyl halides is 3. The summed E-state index contributed by atoms with van der Waals surface area (Å²) in [6.07, 6.45) is -1.58. The molecular formula is C16H14F3N3. The molecule has 3 rings (SSSR count). The molecule has 2 aromatic heterocycles. The van der Waals surface area contributed by atoms with Crippen molar-refractivity contribution in [2.24, 2.45) is 0 Å². The minimum absolute atomic E-state index is 0.0382. The van der Waals surface area contributed by atoms with Crippen LogP contribution in [-0.4, -0.2) is 14.8 Å². The van der Waals surface area contributed by atoms with E-state index in [1.165, 1.54) is 12.3 Å². The van der Waals surface area contributed by atoms with Gasteiger partial charge < -0.3 is 0 Å². The third-order valence-electron chi connectivity index (χ3n) is 3.55. The second-order valence-corrected chi connectivity index (χ2v) is 5.43. The van der Waals surface area contributed by atoms with Gasteiger partial charge >= 0.3 is 6.30 Å². The molecule has 0 spiro atoms. The van der Waals surface area contributed by atoms with Gasteiger partial charge in [-0.2, -0.15) is 9.78 Å². The first-order chi connectivity index (χ1) is 10.4. The van der Waals surface area contributed by atoms with Crippen LogP contribution in [0.15, 0.2) is 42.7 Å². The summed E-state index contributed by atoms with van der Waals surface area (Å²) in [6.45, 7) is 4.16. The molecule has 114 valence electrons. The van der Waals surface area contributed by atoms with Gasteiger partial charge in [-0.1, -0.05) is 19.9 Å². The molecule has 3 aromatic rings. The zero-order valence-electron chi connectivity index (χ0n) is 12.1. The first-order valence-electron chi connectivity index (χ1n) is 6.87. The Balaban J connectivity index is 2.08. The fourth-order valence-corrected chi connectivity index (χ4v) is 2.36. The van der Waals surface area contributed by atoms with Crippen molar-refractivity contribution < 1.29 is 13.2 Å². The van der Waals surface area contributed by atoms with Gasteiger partial charge in [0.25, 0.3) is 0 Å². The average molecular weight is 305 g/mol. The van der Waals surface area contributed by atoms with Gasteiger partial charge in [0.05, 0.1) is 17.4 Å². The van der Waals surface area contributed by atoms with Gasteiger partial charge in [0.2, 0.25) is 0 Å². The SMILES string of the molecule is CC(C)c1ccnc(-c2ccc3c(cnn3C(F)(F)F)c2)c1. The van der Waals surface area contributed by atoms with E-state index < -0.39 is 6.30 Å². The molecule has 0 unspecified atom stereocenters. The molecule has 3 nitrogen and oxygen atoms in total. The minimum Gasteiger partial charge on any atom is -0.256 e. The van der Waals surface area contributed by atoms with Crippen LogP contribution in [0.5, 0.6) is 0 Å². The van der Waals surface area contributed by atoms with Crippen LogP contribution in [-0.2, 0) is 6.30 Å². The van der Waals surface area contributed by atoms with Crippen LogP contribution >= 0.6 is 0 Å². The van der Waals surface area contributed by atoms with E-state index in [0.29, 0.717) is 11.3 Å². The number of benzene rings is 1. The first-order valence-corrected chi connectivity index (χ1v) is 6.87. The third kappa shape index (κ3) is 2.56. The van der Waals surface area contributed by atoms with E-state index in [2.05, 4.69) is 23.9 Å². The summed E-state index contributed by atoms with van der Waals surface area (Å²) in [6, 6.07) is 8.64. The molecule has 0 fully saturated rings. The van der Waals surface area contributed by atoms with Crippen molar-refractivity contribution in [3.8, 4) is 11.3 Å². The minimum atomic E-state index is -4.51. The highest BCUT2D eigenvalue weighted by Gasteiger charge is 2.33. The summed E-state index contributed by atoms with van der Waals surface area (Å²) in [5.41, 5.74) is 2.69. The molecule has 0 N–H and O–H groups in total. The van der Waals surface area contributed by atoms with Crippen molar-refractivity contribution in [1.29, 1.82) is 0 Å². The monoisotopic (exact) mass is 305 g/mol. The zero-order chi connectivity index (χ0) is 15.9. The van der Waals surface area contributed by atoms with E-state index in [1.807, 2.05) is 12.1 Å². The Morgan fingerprint density at radius 1 is 1.09 bits per heavy atom. The third-order valence-corrected chi connectivity index (χ3v) is 3.55. The highest BCUT2D eigenvalue weighted by molar-refractivity contribution is 5.84. The Labute approximate surface area is 125 Å². The summed E-state index contributed by atoms with van der Waals surface area (Å²) < 4.78 is 38.5. The van der Waals surface area contributed by atoms with Crippen molar-refractivity contribution >= 4 is 10.9 Å². The van der Waals surface area contributed by atoms with Crippen LogP contribution in [0.3, 0.4) is 0 Å². The van der Waals surface area contributed by atoms with Gasteiger partial charge in [-0.25, -0.2) is 0 Å². The van der Waals surface area contributed by atoms with Crippen molar-refractivity contribution in [2.75, 3.05) is 0 Å². The van der Waals surface area contributed by atoms with E-state index in [1.54, 1.807) is 18.3 Å². The lowest BCUT2D eigenvalue weighted by atomic mass is 10.0. The number of hydrogen-bond donors (Lipinski definition) is 0. The van der Waals surface area contributed by atoms with Crippen molar-refractivity contribution in [1.82, 2.24) is 14.8 Å². The maximum Gasteiger partial charge on any atom is 0.505 e. The number of hydrogen-bond acceptors (Lipinski definition) is 2. The second kappa shape index (κ2) is 5.12. The fourth-order valence-electron chi connectivity index (χ4n) is 2.36. The smallest absolute Gasteiger partial charge is 0.256 e. The van der Waals surface area contributed by atoms with Gasteiger partial charge in [0.1, 0.15) is 0 Å². The van der Waals surface area contributed by atoms with E-state index >= 15 is 0 Å². The standard InChI is InChI=1S/C16H14F3N3/c1-10(2)11-5-6-20-14(8-11)12-3-4-15-13(7-12)9-21-22(15)16(17,18)19/h3-10H,1-2H3. The van der Waals surface area contributed by atoms with Crippen LogP contribution < -0.4 is 0 Å². The topological polar surface area (TPSA) is 30.7 Å². The lowest BCUT2D eigenvalue weighted by Crippen LogP contribution is -2.17. The predicted molar refractivity (Wildman–Crippen MR) is 78.4 cm³/mol. The Morgan fingerprint density at radius 3 is 2.55 bits per heavy atom. The summed E-state index contributed by atoms with van der Waals surface area (Å²) >= 11 is 0. The number of fused-ring (bicyclic) bond motifs is 1. The van der Waals surface area contributed by atoms with Crippen molar-refractivity contribution in [3.63, 3.8) is 0 Å². The van der Waals surface area contributed by atoms with Crippen LogP contribution in [0.25, 0.3) is 22.2 Å². The molecule has 0 radical (unpaired) electrons.